The molecule has 2 heterocycles. The van der Waals surface area contributed by atoms with Gasteiger partial charge in [0.1, 0.15) is 12.1 Å². The SMILES string of the molecule is Cc1ccc2cccc(Nc3ncnc(Oc4ccccc4)c3[N+](=O)[O-])c2n1. The molecule has 2 aromatic heterocycles. The third-order valence-electron chi connectivity index (χ3n) is 4.04. The van der Waals surface area contributed by atoms with Crippen molar-refractivity contribution in [2.45, 2.75) is 6.92 Å². The average molecular weight is 373 g/mol. The van der Waals surface area contributed by atoms with Crippen molar-refractivity contribution in [3.8, 4) is 11.6 Å². The van der Waals surface area contributed by atoms with E-state index in [4.69, 9.17) is 4.74 Å². The second kappa shape index (κ2) is 7.28. The maximum absolute atomic E-state index is 11.7. The first-order valence-corrected chi connectivity index (χ1v) is 8.47. The van der Waals surface area contributed by atoms with Crippen LogP contribution >= 0.6 is 0 Å². The zero-order valence-corrected chi connectivity index (χ0v) is 14.9. The van der Waals surface area contributed by atoms with Gasteiger partial charge in [0.15, 0.2) is 0 Å². The van der Waals surface area contributed by atoms with Gasteiger partial charge in [-0.2, -0.15) is 4.98 Å². The van der Waals surface area contributed by atoms with E-state index in [1.807, 2.05) is 37.3 Å². The number of hydrogen-bond acceptors (Lipinski definition) is 7. The van der Waals surface area contributed by atoms with E-state index in [9.17, 15) is 10.1 Å². The molecule has 0 bridgehead atoms. The Hall–Kier alpha value is -4.07. The molecule has 4 aromatic rings. The zero-order valence-electron chi connectivity index (χ0n) is 14.9. The van der Waals surface area contributed by atoms with Gasteiger partial charge in [-0.3, -0.25) is 15.1 Å². The van der Waals surface area contributed by atoms with Crippen molar-refractivity contribution in [3.05, 3.63) is 82.8 Å². The average Bonchev–Trinajstić information content (AvgIpc) is 2.69. The number of fused-ring (bicyclic) bond motifs is 1. The van der Waals surface area contributed by atoms with E-state index < -0.39 is 4.92 Å². The third kappa shape index (κ3) is 3.43. The van der Waals surface area contributed by atoms with Crippen molar-refractivity contribution in [1.82, 2.24) is 15.0 Å². The van der Waals surface area contributed by atoms with Crippen molar-refractivity contribution in [2.24, 2.45) is 0 Å². The molecule has 1 N–H and O–H groups in total. The summed E-state index contributed by atoms with van der Waals surface area (Å²) >= 11 is 0. The molecule has 0 radical (unpaired) electrons. The molecule has 138 valence electrons. The summed E-state index contributed by atoms with van der Waals surface area (Å²) in [7, 11) is 0. The largest absolute Gasteiger partial charge is 0.434 e. The van der Waals surface area contributed by atoms with E-state index >= 15 is 0 Å². The fourth-order valence-electron chi connectivity index (χ4n) is 2.77. The van der Waals surface area contributed by atoms with Crippen LogP contribution in [-0.4, -0.2) is 19.9 Å². The second-order valence-electron chi connectivity index (χ2n) is 6.00. The molecule has 0 aliphatic rings. The highest BCUT2D eigenvalue weighted by Gasteiger charge is 2.25. The number of aryl methyl sites for hydroxylation is 1. The maximum Gasteiger partial charge on any atom is 0.373 e. The first-order chi connectivity index (χ1) is 13.6. The molecule has 0 atom stereocenters. The van der Waals surface area contributed by atoms with Gasteiger partial charge in [-0.05, 0) is 31.2 Å². The summed E-state index contributed by atoms with van der Waals surface area (Å²) in [6, 6.07) is 18.2. The van der Waals surface area contributed by atoms with Gasteiger partial charge in [0, 0.05) is 11.1 Å². The van der Waals surface area contributed by atoms with Gasteiger partial charge in [0.2, 0.25) is 5.82 Å². The summed E-state index contributed by atoms with van der Waals surface area (Å²) in [5.41, 5.74) is 1.79. The Kier molecular flexibility index (Phi) is 4.51. The minimum Gasteiger partial charge on any atom is -0.434 e. The Morgan fingerprint density at radius 1 is 1.00 bits per heavy atom. The predicted octanol–water partition coefficient (Wildman–Crippen LogP) is 4.78. The number of ether oxygens (including phenoxy) is 1. The lowest BCUT2D eigenvalue weighted by Gasteiger charge is -2.11. The molecule has 0 amide bonds. The van der Waals surface area contributed by atoms with E-state index in [0.717, 1.165) is 11.1 Å². The van der Waals surface area contributed by atoms with E-state index in [1.54, 1.807) is 30.3 Å². The second-order valence-corrected chi connectivity index (χ2v) is 6.00. The summed E-state index contributed by atoms with van der Waals surface area (Å²) in [6.45, 7) is 1.88. The Balaban J connectivity index is 1.77. The number of rotatable bonds is 5. The molecule has 8 nitrogen and oxygen atoms in total. The van der Waals surface area contributed by atoms with Crippen LogP contribution in [-0.2, 0) is 0 Å². The van der Waals surface area contributed by atoms with Gasteiger partial charge in [0.25, 0.3) is 0 Å². The van der Waals surface area contributed by atoms with E-state index in [2.05, 4.69) is 20.3 Å². The third-order valence-corrected chi connectivity index (χ3v) is 4.04. The molecule has 8 heteroatoms. The number of benzene rings is 2. The van der Waals surface area contributed by atoms with Gasteiger partial charge in [-0.1, -0.05) is 36.4 Å². The number of aromatic nitrogens is 3. The molecule has 4 rings (SSSR count). The van der Waals surface area contributed by atoms with Crippen LogP contribution in [0, 0.1) is 17.0 Å². The number of pyridine rings is 1. The molecule has 28 heavy (non-hydrogen) atoms. The minimum atomic E-state index is -0.565. The number of nitrogens with one attached hydrogen (secondary N) is 1. The molecular formula is C20H15N5O3. The van der Waals surface area contributed by atoms with Crippen LogP contribution in [0.3, 0.4) is 0 Å². The van der Waals surface area contributed by atoms with E-state index in [1.165, 1.54) is 6.33 Å². The van der Waals surface area contributed by atoms with E-state index in [0.29, 0.717) is 17.0 Å². The summed E-state index contributed by atoms with van der Waals surface area (Å²) in [6.07, 6.45) is 1.22. The summed E-state index contributed by atoms with van der Waals surface area (Å²) in [4.78, 5) is 23.7. The zero-order chi connectivity index (χ0) is 19.5. The minimum absolute atomic E-state index is 0.0294. The Bertz CT molecular complexity index is 1170. The fraction of sp³-hybridized carbons (Fsp3) is 0.0500. The number of hydrogen-bond donors (Lipinski definition) is 1. The molecule has 0 spiro atoms. The van der Waals surface area contributed by atoms with Crippen LogP contribution in [0.5, 0.6) is 11.6 Å². The van der Waals surface area contributed by atoms with Crippen LogP contribution < -0.4 is 10.1 Å². The Morgan fingerprint density at radius 2 is 1.82 bits per heavy atom. The number of anilines is 2. The van der Waals surface area contributed by atoms with Crippen LogP contribution in [0.4, 0.5) is 17.2 Å². The molecule has 0 saturated heterocycles. The standard InChI is InChI=1S/C20H15N5O3/c1-13-10-11-14-6-5-9-16(17(14)23-13)24-19-18(25(26)27)20(22-12-21-19)28-15-7-3-2-4-8-15/h2-12H,1H3,(H,21,22,24). The van der Waals surface area contributed by atoms with Crippen LogP contribution in [0.15, 0.2) is 67.0 Å². The molecule has 0 fully saturated rings. The summed E-state index contributed by atoms with van der Waals surface area (Å²) < 4.78 is 5.61. The first-order valence-electron chi connectivity index (χ1n) is 8.47. The van der Waals surface area contributed by atoms with Gasteiger partial charge in [0.05, 0.1) is 16.1 Å². The lowest BCUT2D eigenvalue weighted by atomic mass is 10.1. The number of para-hydroxylation sites is 2. The normalized spacial score (nSPS) is 10.6. The van der Waals surface area contributed by atoms with Gasteiger partial charge in [-0.25, -0.2) is 4.98 Å². The number of nitrogens with zero attached hydrogens (tertiary/aromatic N) is 4. The Morgan fingerprint density at radius 3 is 2.61 bits per heavy atom. The predicted molar refractivity (Wildman–Crippen MR) is 105 cm³/mol. The van der Waals surface area contributed by atoms with Crippen molar-refractivity contribution in [2.75, 3.05) is 5.32 Å². The fourth-order valence-corrected chi connectivity index (χ4v) is 2.77. The molecule has 0 aliphatic carbocycles. The first kappa shape index (κ1) is 17.3. The van der Waals surface area contributed by atoms with Crippen LogP contribution in [0.2, 0.25) is 0 Å². The highest BCUT2D eigenvalue weighted by atomic mass is 16.6. The number of nitro groups is 1. The molecule has 0 unspecified atom stereocenters. The smallest absolute Gasteiger partial charge is 0.373 e. The van der Waals surface area contributed by atoms with Crippen molar-refractivity contribution < 1.29 is 9.66 Å². The van der Waals surface area contributed by atoms with Crippen molar-refractivity contribution in [3.63, 3.8) is 0 Å². The van der Waals surface area contributed by atoms with Crippen LogP contribution in [0.25, 0.3) is 10.9 Å². The van der Waals surface area contributed by atoms with Crippen LogP contribution in [0.1, 0.15) is 5.69 Å². The maximum atomic E-state index is 11.7. The highest BCUT2D eigenvalue weighted by Crippen LogP contribution is 2.36. The monoisotopic (exact) mass is 373 g/mol. The lowest BCUT2D eigenvalue weighted by molar-refractivity contribution is -0.385. The highest BCUT2D eigenvalue weighted by molar-refractivity contribution is 5.92. The molecular weight excluding hydrogens is 358 g/mol. The summed E-state index contributed by atoms with van der Waals surface area (Å²) in [5.74, 6) is 0.331. The Labute approximate surface area is 160 Å². The topological polar surface area (TPSA) is 103 Å². The lowest BCUT2D eigenvalue weighted by Crippen LogP contribution is -2.04. The van der Waals surface area contributed by atoms with Crippen molar-refractivity contribution >= 4 is 28.1 Å². The molecule has 0 aliphatic heterocycles. The van der Waals surface area contributed by atoms with Crippen molar-refractivity contribution in [1.29, 1.82) is 0 Å². The molecule has 0 saturated carbocycles. The van der Waals surface area contributed by atoms with E-state index in [-0.39, 0.29) is 17.4 Å². The van der Waals surface area contributed by atoms with Gasteiger partial charge < -0.3 is 10.1 Å². The van der Waals surface area contributed by atoms with Gasteiger partial charge >= 0.3 is 11.6 Å². The quantitative estimate of drug-likeness (QED) is 0.397. The summed E-state index contributed by atoms with van der Waals surface area (Å²) in [5, 5.41) is 15.7. The van der Waals surface area contributed by atoms with Gasteiger partial charge in [-0.15, -0.1) is 0 Å². The molecule has 2 aromatic carbocycles.